The second-order valence-corrected chi connectivity index (χ2v) is 2.43. The lowest BCUT2D eigenvalue weighted by molar-refractivity contribution is 0.112. The Morgan fingerprint density at radius 3 is 2.82 bits per heavy atom. The monoisotopic (exact) mass is 149 g/mol. The molecule has 2 nitrogen and oxygen atoms in total. The maximum Gasteiger partial charge on any atom is 0.150 e. The molecule has 0 atom stereocenters. The summed E-state index contributed by atoms with van der Waals surface area (Å²) in [6, 6.07) is 5.33. The summed E-state index contributed by atoms with van der Waals surface area (Å²) in [6.45, 7) is 2.00. The zero-order chi connectivity index (χ0) is 8.27. The maximum atomic E-state index is 10.5. The van der Waals surface area contributed by atoms with Gasteiger partial charge >= 0.3 is 0 Å². The highest BCUT2D eigenvalue weighted by Gasteiger charge is 1.98. The Kier molecular flexibility index (Phi) is 2.26. The van der Waals surface area contributed by atoms with Gasteiger partial charge in [0, 0.05) is 11.3 Å². The van der Waals surface area contributed by atoms with Gasteiger partial charge in [-0.05, 0) is 30.2 Å². The number of nitrogen functional groups attached to an aromatic ring is 1. The van der Waals surface area contributed by atoms with Crippen molar-refractivity contribution in [2.24, 2.45) is 0 Å². The molecule has 1 rings (SSSR count). The van der Waals surface area contributed by atoms with E-state index in [0.717, 1.165) is 23.8 Å². The fraction of sp³-hybridized carbons (Fsp3) is 0.222. The summed E-state index contributed by atoms with van der Waals surface area (Å²) in [4.78, 5) is 10.5. The van der Waals surface area contributed by atoms with Crippen molar-refractivity contribution in [2.45, 2.75) is 13.3 Å². The van der Waals surface area contributed by atoms with Gasteiger partial charge in [-0.2, -0.15) is 0 Å². The topological polar surface area (TPSA) is 43.1 Å². The molecule has 58 valence electrons. The molecule has 0 aliphatic rings. The molecule has 0 saturated carbocycles. The molecular weight excluding hydrogens is 138 g/mol. The summed E-state index contributed by atoms with van der Waals surface area (Å²) in [6.07, 6.45) is 1.71. The minimum Gasteiger partial charge on any atom is -0.399 e. The first-order valence-corrected chi connectivity index (χ1v) is 3.61. The summed E-state index contributed by atoms with van der Waals surface area (Å²) in [7, 11) is 0. The number of aryl methyl sites for hydroxylation is 1. The minimum atomic E-state index is 0.715. The first-order chi connectivity index (χ1) is 5.27. The van der Waals surface area contributed by atoms with E-state index in [1.165, 1.54) is 0 Å². The summed E-state index contributed by atoms with van der Waals surface area (Å²) in [5, 5.41) is 0. The summed E-state index contributed by atoms with van der Waals surface area (Å²) in [5.41, 5.74) is 8.01. The molecule has 0 fully saturated rings. The van der Waals surface area contributed by atoms with E-state index in [-0.39, 0.29) is 0 Å². The van der Waals surface area contributed by atoms with E-state index in [4.69, 9.17) is 5.73 Å². The molecule has 0 unspecified atom stereocenters. The lowest BCUT2D eigenvalue weighted by Crippen LogP contribution is -1.93. The van der Waals surface area contributed by atoms with E-state index in [9.17, 15) is 4.79 Å². The molecule has 0 aliphatic carbocycles. The van der Waals surface area contributed by atoms with Gasteiger partial charge in [-0.15, -0.1) is 0 Å². The molecule has 0 amide bonds. The Balaban J connectivity index is 3.16. The largest absolute Gasteiger partial charge is 0.399 e. The van der Waals surface area contributed by atoms with Crippen molar-refractivity contribution in [3.63, 3.8) is 0 Å². The van der Waals surface area contributed by atoms with Crippen LogP contribution in [0.4, 0.5) is 5.69 Å². The molecule has 0 saturated heterocycles. The van der Waals surface area contributed by atoms with E-state index in [0.29, 0.717) is 5.69 Å². The Morgan fingerprint density at radius 1 is 1.55 bits per heavy atom. The minimum absolute atomic E-state index is 0.715. The number of hydrogen-bond acceptors (Lipinski definition) is 2. The zero-order valence-corrected chi connectivity index (χ0v) is 6.50. The quantitative estimate of drug-likeness (QED) is 0.513. The average molecular weight is 149 g/mol. The highest BCUT2D eigenvalue weighted by atomic mass is 16.1. The predicted molar refractivity (Wildman–Crippen MR) is 45.6 cm³/mol. The number of rotatable bonds is 2. The van der Waals surface area contributed by atoms with Crippen molar-refractivity contribution < 1.29 is 4.79 Å². The summed E-state index contributed by atoms with van der Waals surface area (Å²) >= 11 is 0. The van der Waals surface area contributed by atoms with Gasteiger partial charge in [-0.3, -0.25) is 4.79 Å². The van der Waals surface area contributed by atoms with Gasteiger partial charge in [0.25, 0.3) is 0 Å². The first kappa shape index (κ1) is 7.79. The number of benzene rings is 1. The average Bonchev–Trinajstić information content (AvgIpc) is 2.04. The third-order valence-corrected chi connectivity index (χ3v) is 1.67. The lowest BCUT2D eigenvalue weighted by atomic mass is 10.1. The van der Waals surface area contributed by atoms with E-state index in [2.05, 4.69) is 0 Å². The van der Waals surface area contributed by atoms with Gasteiger partial charge in [-0.1, -0.05) is 6.92 Å². The number of aldehydes is 1. The number of anilines is 1. The smallest absolute Gasteiger partial charge is 0.150 e. The van der Waals surface area contributed by atoms with Crippen molar-refractivity contribution in [1.82, 2.24) is 0 Å². The standard InChI is InChI=1S/C9H11NO/c1-2-7-5-9(10)4-3-8(7)6-11/h3-6H,2,10H2,1H3. The number of hydrogen-bond donors (Lipinski definition) is 1. The fourth-order valence-electron chi connectivity index (χ4n) is 1.05. The molecule has 0 radical (unpaired) electrons. The van der Waals surface area contributed by atoms with Crippen LogP contribution in [0.3, 0.4) is 0 Å². The van der Waals surface area contributed by atoms with Crippen molar-refractivity contribution in [3.8, 4) is 0 Å². The lowest BCUT2D eigenvalue weighted by Gasteiger charge is -2.01. The fourth-order valence-corrected chi connectivity index (χ4v) is 1.05. The van der Waals surface area contributed by atoms with Crippen molar-refractivity contribution in [2.75, 3.05) is 5.73 Å². The first-order valence-electron chi connectivity index (χ1n) is 3.61. The van der Waals surface area contributed by atoms with Gasteiger partial charge < -0.3 is 5.73 Å². The van der Waals surface area contributed by atoms with Crippen LogP contribution in [0.2, 0.25) is 0 Å². The molecule has 1 aromatic carbocycles. The van der Waals surface area contributed by atoms with Crippen LogP contribution in [-0.2, 0) is 6.42 Å². The predicted octanol–water partition coefficient (Wildman–Crippen LogP) is 1.64. The van der Waals surface area contributed by atoms with Crippen LogP contribution in [0.25, 0.3) is 0 Å². The van der Waals surface area contributed by atoms with Crippen LogP contribution in [0, 0.1) is 0 Å². The van der Waals surface area contributed by atoms with Crippen LogP contribution in [0.1, 0.15) is 22.8 Å². The van der Waals surface area contributed by atoms with Gasteiger partial charge in [0.2, 0.25) is 0 Å². The molecule has 11 heavy (non-hydrogen) atoms. The SMILES string of the molecule is CCc1cc(N)ccc1C=O. The molecule has 2 N–H and O–H groups in total. The molecule has 0 aliphatic heterocycles. The zero-order valence-electron chi connectivity index (χ0n) is 6.50. The van der Waals surface area contributed by atoms with Crippen molar-refractivity contribution in [1.29, 1.82) is 0 Å². The highest BCUT2D eigenvalue weighted by molar-refractivity contribution is 5.78. The van der Waals surface area contributed by atoms with Crippen LogP contribution in [0.5, 0.6) is 0 Å². The summed E-state index contributed by atoms with van der Waals surface area (Å²) in [5.74, 6) is 0. The molecule has 2 heteroatoms. The van der Waals surface area contributed by atoms with Crippen molar-refractivity contribution >= 4 is 12.0 Å². The van der Waals surface area contributed by atoms with Gasteiger partial charge in [0.15, 0.2) is 0 Å². The third kappa shape index (κ3) is 1.58. The Labute approximate surface area is 66.0 Å². The van der Waals surface area contributed by atoms with Gasteiger partial charge in [0.05, 0.1) is 0 Å². The molecule has 1 aromatic rings. The second kappa shape index (κ2) is 3.19. The highest BCUT2D eigenvalue weighted by Crippen LogP contribution is 2.11. The number of carbonyl (C=O) groups is 1. The number of nitrogens with two attached hydrogens (primary N) is 1. The Bertz CT molecular complexity index is 268. The Hall–Kier alpha value is -1.31. The molecular formula is C9H11NO. The van der Waals surface area contributed by atoms with E-state index < -0.39 is 0 Å². The number of carbonyl (C=O) groups excluding carboxylic acids is 1. The van der Waals surface area contributed by atoms with Crippen LogP contribution in [0.15, 0.2) is 18.2 Å². The van der Waals surface area contributed by atoms with E-state index in [1.807, 2.05) is 13.0 Å². The van der Waals surface area contributed by atoms with Crippen LogP contribution >= 0.6 is 0 Å². The van der Waals surface area contributed by atoms with Gasteiger partial charge in [-0.25, -0.2) is 0 Å². The van der Waals surface area contributed by atoms with E-state index in [1.54, 1.807) is 12.1 Å². The maximum absolute atomic E-state index is 10.5. The molecule has 0 bridgehead atoms. The normalized spacial score (nSPS) is 9.55. The molecule has 0 aromatic heterocycles. The molecule has 0 spiro atoms. The third-order valence-electron chi connectivity index (χ3n) is 1.67. The second-order valence-electron chi connectivity index (χ2n) is 2.43. The Morgan fingerprint density at radius 2 is 2.27 bits per heavy atom. The van der Waals surface area contributed by atoms with E-state index >= 15 is 0 Å². The summed E-state index contributed by atoms with van der Waals surface area (Å²) < 4.78 is 0. The van der Waals surface area contributed by atoms with Crippen LogP contribution in [-0.4, -0.2) is 6.29 Å². The van der Waals surface area contributed by atoms with Crippen molar-refractivity contribution in [3.05, 3.63) is 29.3 Å². The molecule has 0 heterocycles. The van der Waals surface area contributed by atoms with Crippen LogP contribution < -0.4 is 5.73 Å². The van der Waals surface area contributed by atoms with Gasteiger partial charge in [0.1, 0.15) is 6.29 Å².